The van der Waals surface area contributed by atoms with Crippen LogP contribution in [0.1, 0.15) is 44.7 Å². The molecule has 0 spiro atoms. The van der Waals surface area contributed by atoms with Crippen molar-refractivity contribution in [3.8, 4) is 0 Å². The second kappa shape index (κ2) is 8.22. The minimum Gasteiger partial charge on any atom is -0.354 e. The predicted molar refractivity (Wildman–Crippen MR) is 96.9 cm³/mol. The van der Waals surface area contributed by atoms with Gasteiger partial charge in [-0.15, -0.1) is 0 Å². The van der Waals surface area contributed by atoms with Crippen LogP contribution >= 0.6 is 0 Å². The van der Waals surface area contributed by atoms with Crippen LogP contribution in [0.15, 0.2) is 11.2 Å². The maximum absolute atomic E-state index is 4.44. The molecule has 130 valence electrons. The van der Waals surface area contributed by atoms with Gasteiger partial charge in [-0.3, -0.25) is 4.99 Å². The molecule has 2 N–H and O–H groups in total. The van der Waals surface area contributed by atoms with E-state index in [9.17, 15) is 0 Å². The van der Waals surface area contributed by atoms with Gasteiger partial charge in [0.25, 0.3) is 0 Å². The molecule has 2 rings (SSSR count). The molecule has 1 aromatic rings. The molecule has 0 radical (unpaired) electrons. The van der Waals surface area contributed by atoms with Gasteiger partial charge < -0.3 is 20.1 Å². The minimum absolute atomic E-state index is 0.549. The van der Waals surface area contributed by atoms with Crippen molar-refractivity contribution in [3.63, 3.8) is 0 Å². The third-order valence-electron chi connectivity index (χ3n) is 4.89. The first-order valence-corrected chi connectivity index (χ1v) is 8.70. The molecule has 0 aromatic carbocycles. The average Bonchev–Trinajstić information content (AvgIpc) is 2.93. The highest BCUT2D eigenvalue weighted by Gasteiger charge is 2.20. The summed E-state index contributed by atoms with van der Waals surface area (Å²) in [6.07, 6.45) is 8.39. The Hall–Kier alpha value is -1.72. The molecule has 1 saturated carbocycles. The van der Waals surface area contributed by atoms with Gasteiger partial charge in [0.15, 0.2) is 5.96 Å². The fourth-order valence-electron chi connectivity index (χ4n) is 3.29. The summed E-state index contributed by atoms with van der Waals surface area (Å²) in [5, 5.41) is 6.98. The van der Waals surface area contributed by atoms with Gasteiger partial charge in [-0.1, -0.05) is 13.3 Å². The van der Waals surface area contributed by atoms with Crippen LogP contribution < -0.4 is 15.5 Å². The molecular formula is C17H32N6. The fraction of sp³-hybridized carbons (Fsp3) is 0.765. The Balaban J connectivity index is 1.84. The van der Waals surface area contributed by atoms with E-state index in [-0.39, 0.29) is 0 Å². The zero-order valence-corrected chi connectivity index (χ0v) is 15.3. The fourth-order valence-corrected chi connectivity index (χ4v) is 3.29. The number of nitrogens with one attached hydrogen (secondary N) is 2. The molecule has 1 aliphatic carbocycles. The van der Waals surface area contributed by atoms with Crippen molar-refractivity contribution in [1.29, 1.82) is 0 Å². The van der Waals surface area contributed by atoms with Gasteiger partial charge in [0, 0.05) is 34.2 Å². The van der Waals surface area contributed by atoms with Gasteiger partial charge in [-0.2, -0.15) is 0 Å². The SMILES string of the molecule is CCC1CCC(NC(=NC)NCc2cnc(N(C)C)n2C)CC1. The Morgan fingerprint density at radius 2 is 2.04 bits per heavy atom. The number of rotatable bonds is 5. The lowest BCUT2D eigenvalue weighted by atomic mass is 9.84. The molecule has 0 aliphatic heterocycles. The van der Waals surface area contributed by atoms with Crippen LogP contribution in [0.3, 0.4) is 0 Å². The van der Waals surface area contributed by atoms with Gasteiger partial charge in [0.2, 0.25) is 5.95 Å². The minimum atomic E-state index is 0.549. The number of aromatic nitrogens is 2. The number of anilines is 1. The smallest absolute Gasteiger partial charge is 0.204 e. The summed E-state index contributed by atoms with van der Waals surface area (Å²) in [6, 6.07) is 0.549. The monoisotopic (exact) mass is 320 g/mol. The van der Waals surface area contributed by atoms with E-state index < -0.39 is 0 Å². The molecule has 0 unspecified atom stereocenters. The van der Waals surface area contributed by atoms with E-state index in [1.54, 1.807) is 0 Å². The van der Waals surface area contributed by atoms with Crippen molar-refractivity contribution < 1.29 is 0 Å². The van der Waals surface area contributed by atoms with E-state index in [1.165, 1.54) is 32.1 Å². The van der Waals surface area contributed by atoms with Crippen molar-refractivity contribution in [2.45, 2.75) is 51.6 Å². The Morgan fingerprint density at radius 1 is 1.35 bits per heavy atom. The number of hydrogen-bond acceptors (Lipinski definition) is 3. The average molecular weight is 320 g/mol. The summed E-state index contributed by atoms with van der Waals surface area (Å²) in [7, 11) is 7.89. The van der Waals surface area contributed by atoms with E-state index in [1.807, 2.05) is 39.3 Å². The van der Waals surface area contributed by atoms with Crippen LogP contribution in [0, 0.1) is 5.92 Å². The third kappa shape index (κ3) is 4.62. The van der Waals surface area contributed by atoms with E-state index in [4.69, 9.17) is 0 Å². The summed E-state index contributed by atoms with van der Waals surface area (Å²) in [4.78, 5) is 10.8. The van der Waals surface area contributed by atoms with Crippen molar-refractivity contribution in [2.75, 3.05) is 26.0 Å². The van der Waals surface area contributed by atoms with E-state index in [0.717, 1.165) is 30.1 Å². The molecule has 6 nitrogen and oxygen atoms in total. The third-order valence-corrected chi connectivity index (χ3v) is 4.89. The first kappa shape index (κ1) is 17.6. The molecule has 1 aliphatic rings. The Morgan fingerprint density at radius 3 is 2.57 bits per heavy atom. The molecule has 1 heterocycles. The second-order valence-electron chi connectivity index (χ2n) is 6.70. The molecule has 6 heteroatoms. The number of guanidine groups is 1. The largest absolute Gasteiger partial charge is 0.354 e. The number of hydrogen-bond donors (Lipinski definition) is 2. The maximum atomic E-state index is 4.44. The Labute approximate surface area is 140 Å². The van der Waals surface area contributed by atoms with Gasteiger partial charge in [-0.05, 0) is 31.6 Å². The Bertz CT molecular complexity index is 511. The van der Waals surface area contributed by atoms with Gasteiger partial charge >= 0.3 is 0 Å². The van der Waals surface area contributed by atoms with Crippen LogP contribution in [0.5, 0.6) is 0 Å². The second-order valence-corrected chi connectivity index (χ2v) is 6.70. The lowest BCUT2D eigenvalue weighted by Gasteiger charge is -2.29. The highest BCUT2D eigenvalue weighted by Crippen LogP contribution is 2.26. The number of aliphatic imine (C=N–C) groups is 1. The molecule has 1 fully saturated rings. The topological polar surface area (TPSA) is 57.5 Å². The lowest BCUT2D eigenvalue weighted by molar-refractivity contribution is 0.304. The van der Waals surface area contributed by atoms with Gasteiger partial charge in [0.1, 0.15) is 0 Å². The lowest BCUT2D eigenvalue weighted by Crippen LogP contribution is -2.44. The van der Waals surface area contributed by atoms with E-state index >= 15 is 0 Å². The van der Waals surface area contributed by atoms with E-state index in [0.29, 0.717) is 6.04 Å². The van der Waals surface area contributed by atoms with Crippen molar-refractivity contribution in [1.82, 2.24) is 20.2 Å². The zero-order valence-electron chi connectivity index (χ0n) is 15.3. The van der Waals surface area contributed by atoms with E-state index in [2.05, 4.69) is 32.1 Å². The first-order chi connectivity index (χ1) is 11.0. The quantitative estimate of drug-likeness (QED) is 0.644. The molecular weight excluding hydrogens is 288 g/mol. The van der Waals surface area contributed by atoms with Crippen LogP contribution in [-0.4, -0.2) is 42.7 Å². The highest BCUT2D eigenvalue weighted by molar-refractivity contribution is 5.79. The number of imidazole rings is 1. The molecule has 1 aromatic heterocycles. The van der Waals surface area contributed by atoms with Crippen molar-refractivity contribution >= 4 is 11.9 Å². The van der Waals surface area contributed by atoms with Crippen molar-refractivity contribution in [2.24, 2.45) is 18.0 Å². The standard InChI is InChI=1S/C17H32N6/c1-6-13-7-9-14(10-8-13)21-16(18-2)19-11-15-12-20-17(22(3)4)23(15)5/h12-14H,6-11H2,1-5H3,(H2,18,19,21). The maximum Gasteiger partial charge on any atom is 0.204 e. The molecule has 23 heavy (non-hydrogen) atoms. The van der Waals surface area contributed by atoms with Crippen LogP contribution in [0.25, 0.3) is 0 Å². The van der Waals surface area contributed by atoms with Crippen LogP contribution in [0.2, 0.25) is 0 Å². The van der Waals surface area contributed by atoms with Crippen LogP contribution in [-0.2, 0) is 13.6 Å². The molecule has 0 saturated heterocycles. The predicted octanol–water partition coefficient (Wildman–Crippen LogP) is 2.12. The summed E-state index contributed by atoms with van der Waals surface area (Å²) in [6.45, 7) is 3.02. The zero-order chi connectivity index (χ0) is 16.8. The Kier molecular flexibility index (Phi) is 6.30. The molecule has 0 amide bonds. The first-order valence-electron chi connectivity index (χ1n) is 8.70. The highest BCUT2D eigenvalue weighted by atomic mass is 15.3. The van der Waals surface area contributed by atoms with Gasteiger partial charge in [-0.25, -0.2) is 4.98 Å². The normalized spacial score (nSPS) is 22.0. The van der Waals surface area contributed by atoms with Crippen LogP contribution in [0.4, 0.5) is 5.95 Å². The molecule has 0 atom stereocenters. The number of nitrogens with zero attached hydrogens (tertiary/aromatic N) is 4. The van der Waals surface area contributed by atoms with Crippen molar-refractivity contribution in [3.05, 3.63) is 11.9 Å². The summed E-state index contributed by atoms with van der Waals surface area (Å²) in [5.41, 5.74) is 1.14. The van der Waals surface area contributed by atoms with Gasteiger partial charge in [0.05, 0.1) is 18.4 Å². The molecule has 0 bridgehead atoms. The summed E-state index contributed by atoms with van der Waals surface area (Å²) in [5.74, 6) is 2.77. The summed E-state index contributed by atoms with van der Waals surface area (Å²) < 4.78 is 2.10. The summed E-state index contributed by atoms with van der Waals surface area (Å²) >= 11 is 0.